The molecule has 2 aromatic carbocycles. The number of allylic oxidation sites excluding steroid dienone is 1. The van der Waals surface area contributed by atoms with Crippen LogP contribution in [0.2, 0.25) is 0 Å². The second-order valence-electron chi connectivity index (χ2n) is 8.80. The van der Waals surface area contributed by atoms with Crippen LogP contribution in [0.1, 0.15) is 60.2 Å². The van der Waals surface area contributed by atoms with Crippen LogP contribution >= 0.6 is 0 Å². The molecule has 0 saturated heterocycles. The zero-order chi connectivity index (χ0) is 24.1. The van der Waals surface area contributed by atoms with Gasteiger partial charge in [0.05, 0.1) is 22.8 Å². The molecule has 3 aromatic rings. The van der Waals surface area contributed by atoms with E-state index in [0.29, 0.717) is 28.7 Å². The van der Waals surface area contributed by atoms with Crippen molar-refractivity contribution in [3.05, 3.63) is 80.5 Å². The lowest BCUT2D eigenvalue weighted by Gasteiger charge is -2.35. The van der Waals surface area contributed by atoms with Gasteiger partial charge in [0.25, 0.3) is 0 Å². The van der Waals surface area contributed by atoms with Gasteiger partial charge in [-0.15, -0.1) is 0 Å². The Bertz CT molecular complexity index is 1460. The quantitative estimate of drug-likeness (QED) is 0.574. The molecule has 1 aromatic heterocycles. The molecular formula is C27H24N2O5. The number of hydrogen-bond donors (Lipinski definition) is 1. The summed E-state index contributed by atoms with van der Waals surface area (Å²) in [6.07, 6.45) is 0.916. The number of Topliss-reactive ketones (excluding diaryl/α,β-unsaturated/α-hetero) is 1. The highest BCUT2D eigenvalue weighted by molar-refractivity contribution is 6.13. The van der Waals surface area contributed by atoms with Crippen molar-refractivity contribution in [2.24, 2.45) is 11.7 Å². The molecule has 0 bridgehead atoms. The third-order valence-corrected chi connectivity index (χ3v) is 6.71. The van der Waals surface area contributed by atoms with E-state index in [0.717, 1.165) is 12.0 Å². The van der Waals surface area contributed by atoms with E-state index in [2.05, 4.69) is 6.07 Å². The minimum absolute atomic E-state index is 0.0256. The van der Waals surface area contributed by atoms with Crippen LogP contribution in [-0.2, 0) is 6.42 Å². The topological polar surface area (TPSA) is 116 Å². The number of ether oxygens (including phenoxy) is 2. The summed E-state index contributed by atoms with van der Waals surface area (Å²) in [7, 11) is 0. The molecule has 0 fully saturated rings. The number of hydrogen-bond acceptors (Lipinski definition) is 7. The number of carbonyl (C=O) groups excluding carboxylic acids is 1. The smallest absolute Gasteiger partial charge is 0.336 e. The minimum atomic E-state index is -0.608. The van der Waals surface area contributed by atoms with E-state index in [4.69, 9.17) is 19.6 Å². The van der Waals surface area contributed by atoms with Crippen molar-refractivity contribution < 1.29 is 18.7 Å². The van der Waals surface area contributed by atoms with Gasteiger partial charge in [0.2, 0.25) is 5.88 Å². The summed E-state index contributed by atoms with van der Waals surface area (Å²) in [5, 5.41) is 10.5. The molecular weight excluding hydrogens is 432 g/mol. The molecule has 172 valence electrons. The van der Waals surface area contributed by atoms with Crippen LogP contribution in [-0.4, -0.2) is 11.9 Å². The van der Waals surface area contributed by atoms with Gasteiger partial charge in [-0.2, -0.15) is 5.26 Å². The van der Waals surface area contributed by atoms with E-state index in [1.165, 1.54) is 6.07 Å². The maximum atomic E-state index is 13.6. The molecule has 0 spiro atoms. The number of nitrogens with zero attached hydrogens (tertiary/aromatic N) is 1. The van der Waals surface area contributed by atoms with Gasteiger partial charge in [-0.25, -0.2) is 4.79 Å². The van der Waals surface area contributed by atoms with Crippen LogP contribution in [0, 0.1) is 17.2 Å². The van der Waals surface area contributed by atoms with Crippen molar-refractivity contribution >= 4 is 16.8 Å². The highest BCUT2D eigenvalue weighted by atomic mass is 16.5. The van der Waals surface area contributed by atoms with Crippen molar-refractivity contribution in [1.82, 2.24) is 0 Å². The van der Waals surface area contributed by atoms with Crippen molar-refractivity contribution in [2.45, 2.75) is 45.6 Å². The SMILES string of the molecule is CCCc1cc(=O)oc2c3c(c4c(c12)OC(N)=C(C#N)C4c1ccccc1)O[C@H](C)[C@@H](C)C3=O. The summed E-state index contributed by atoms with van der Waals surface area (Å²) in [6, 6.07) is 13.1. The zero-order valence-corrected chi connectivity index (χ0v) is 19.2. The monoisotopic (exact) mass is 456 g/mol. The van der Waals surface area contributed by atoms with Crippen LogP contribution < -0.4 is 20.8 Å². The fourth-order valence-electron chi connectivity index (χ4n) is 4.90. The third-order valence-electron chi connectivity index (χ3n) is 6.71. The Balaban J connectivity index is 2.00. The van der Waals surface area contributed by atoms with E-state index in [1.807, 2.05) is 44.2 Å². The van der Waals surface area contributed by atoms with Crippen molar-refractivity contribution in [3.8, 4) is 17.6 Å². The van der Waals surface area contributed by atoms with Crippen LogP contribution in [0.15, 0.2) is 57.1 Å². The van der Waals surface area contributed by atoms with Crippen LogP contribution in [0.4, 0.5) is 0 Å². The van der Waals surface area contributed by atoms with Gasteiger partial charge in [-0.05, 0) is 24.5 Å². The summed E-state index contributed by atoms with van der Waals surface area (Å²) in [5.74, 6) is -0.606. The number of carbonyl (C=O) groups is 1. The maximum absolute atomic E-state index is 13.6. The number of aryl methyl sites for hydroxylation is 1. The van der Waals surface area contributed by atoms with Gasteiger partial charge in [0, 0.05) is 6.07 Å². The Labute approximate surface area is 196 Å². The van der Waals surface area contributed by atoms with Crippen molar-refractivity contribution in [2.75, 3.05) is 0 Å². The molecule has 2 aliphatic rings. The molecule has 0 saturated carbocycles. The Kier molecular flexibility index (Phi) is 5.17. The molecule has 1 unspecified atom stereocenters. The summed E-state index contributed by atoms with van der Waals surface area (Å²) in [6.45, 7) is 5.61. The molecule has 0 radical (unpaired) electrons. The number of nitriles is 1. The van der Waals surface area contributed by atoms with Gasteiger partial charge >= 0.3 is 5.63 Å². The van der Waals surface area contributed by atoms with Crippen molar-refractivity contribution in [3.63, 3.8) is 0 Å². The van der Waals surface area contributed by atoms with E-state index in [-0.39, 0.29) is 34.1 Å². The second-order valence-corrected chi connectivity index (χ2v) is 8.80. The van der Waals surface area contributed by atoms with Gasteiger partial charge in [0.1, 0.15) is 34.8 Å². The van der Waals surface area contributed by atoms with E-state index >= 15 is 0 Å². The third kappa shape index (κ3) is 3.10. The largest absolute Gasteiger partial charge is 0.489 e. The van der Waals surface area contributed by atoms with Crippen LogP contribution in [0.3, 0.4) is 0 Å². The number of rotatable bonds is 3. The lowest BCUT2D eigenvalue weighted by atomic mass is 9.78. The maximum Gasteiger partial charge on any atom is 0.336 e. The molecule has 3 heterocycles. The lowest BCUT2D eigenvalue weighted by Crippen LogP contribution is -2.35. The Hall–Kier alpha value is -4.05. The molecule has 0 aliphatic carbocycles. The predicted molar refractivity (Wildman–Crippen MR) is 126 cm³/mol. The first kappa shape index (κ1) is 21.8. The summed E-state index contributed by atoms with van der Waals surface area (Å²) in [5.41, 5.74) is 8.38. The predicted octanol–water partition coefficient (Wildman–Crippen LogP) is 4.56. The zero-order valence-electron chi connectivity index (χ0n) is 19.2. The molecule has 7 nitrogen and oxygen atoms in total. The first-order valence-corrected chi connectivity index (χ1v) is 11.4. The molecule has 0 amide bonds. The summed E-state index contributed by atoms with van der Waals surface area (Å²) < 4.78 is 18.0. The average Bonchev–Trinajstić information content (AvgIpc) is 2.82. The summed E-state index contributed by atoms with van der Waals surface area (Å²) in [4.78, 5) is 26.1. The number of ketones is 1. The number of benzene rings is 2. The van der Waals surface area contributed by atoms with E-state index < -0.39 is 23.6 Å². The van der Waals surface area contributed by atoms with Crippen LogP contribution in [0.25, 0.3) is 11.0 Å². The van der Waals surface area contributed by atoms with E-state index in [9.17, 15) is 14.9 Å². The minimum Gasteiger partial charge on any atom is -0.489 e. The normalized spacial score (nSPS) is 21.4. The first-order chi connectivity index (χ1) is 16.4. The Morgan fingerprint density at radius 2 is 1.85 bits per heavy atom. The molecule has 7 heteroatoms. The number of nitrogens with two attached hydrogens (primary N) is 1. The summed E-state index contributed by atoms with van der Waals surface area (Å²) >= 11 is 0. The standard InChI is InChI=1S/C27H24N2O5/c1-4-8-16-11-18(30)33-25-20(16)24-21(26-22(25)23(31)13(2)14(3)32-26)19(15-9-6-5-7-10-15)17(12-28)27(29)34-24/h5-7,9-11,13-14,19H,4,8,29H2,1-3H3/t13-,14-,19?/m1/s1. The van der Waals surface area contributed by atoms with E-state index in [1.54, 1.807) is 6.92 Å². The Morgan fingerprint density at radius 3 is 2.53 bits per heavy atom. The molecule has 2 N–H and O–H groups in total. The molecule has 5 rings (SSSR count). The Morgan fingerprint density at radius 1 is 1.12 bits per heavy atom. The highest BCUT2D eigenvalue weighted by Crippen LogP contribution is 2.54. The second kappa shape index (κ2) is 8.07. The van der Waals surface area contributed by atoms with Crippen LogP contribution in [0.5, 0.6) is 11.5 Å². The fraction of sp³-hybridized carbons (Fsp3) is 0.296. The number of fused-ring (bicyclic) bond motifs is 6. The van der Waals surface area contributed by atoms with Gasteiger partial charge in [0.15, 0.2) is 11.4 Å². The molecule has 3 atom stereocenters. The van der Waals surface area contributed by atoms with Gasteiger partial charge < -0.3 is 19.6 Å². The average molecular weight is 456 g/mol. The highest BCUT2D eigenvalue weighted by Gasteiger charge is 2.43. The van der Waals surface area contributed by atoms with Crippen molar-refractivity contribution in [1.29, 1.82) is 5.26 Å². The molecule has 34 heavy (non-hydrogen) atoms. The molecule has 2 aliphatic heterocycles. The van der Waals surface area contributed by atoms with Gasteiger partial charge in [-0.1, -0.05) is 50.6 Å². The fourth-order valence-corrected chi connectivity index (χ4v) is 4.90. The van der Waals surface area contributed by atoms with Gasteiger partial charge in [-0.3, -0.25) is 4.79 Å². The first-order valence-electron chi connectivity index (χ1n) is 11.4. The lowest BCUT2D eigenvalue weighted by molar-refractivity contribution is 0.0727.